The molecule has 3 aromatic rings. The Morgan fingerprint density at radius 2 is 1.65 bits per heavy atom. The highest BCUT2D eigenvalue weighted by Crippen LogP contribution is 2.35. The smallest absolute Gasteiger partial charge is 0.161 e. The van der Waals surface area contributed by atoms with Gasteiger partial charge in [0.25, 0.3) is 0 Å². The number of rotatable bonds is 4. The third-order valence-corrected chi connectivity index (χ3v) is 4.24. The van der Waals surface area contributed by atoms with E-state index in [1.165, 1.54) is 0 Å². The molecule has 5 nitrogen and oxygen atoms in total. The molecule has 5 heteroatoms. The summed E-state index contributed by atoms with van der Waals surface area (Å²) in [6.45, 7) is 1.21. The summed E-state index contributed by atoms with van der Waals surface area (Å²) < 4.78 is 11.4. The Morgan fingerprint density at radius 1 is 0.885 bits per heavy atom. The maximum Gasteiger partial charge on any atom is 0.161 e. The zero-order valence-electron chi connectivity index (χ0n) is 14.5. The van der Waals surface area contributed by atoms with E-state index in [0.717, 1.165) is 40.7 Å². The first kappa shape index (κ1) is 16.1. The highest BCUT2D eigenvalue weighted by atomic mass is 16.5. The predicted octanol–water partition coefficient (Wildman–Crippen LogP) is 5.47. The lowest BCUT2D eigenvalue weighted by Crippen LogP contribution is -2.32. The number of hydrogen-bond donors (Lipinski definition) is 0. The summed E-state index contributed by atoms with van der Waals surface area (Å²) in [5.74, 6) is 1.72. The van der Waals surface area contributed by atoms with Gasteiger partial charge in [0.05, 0.1) is 30.7 Å². The Hall–Kier alpha value is -3.34. The first-order chi connectivity index (χ1) is 12.8. The molecular formula is C21H19N3O2. The minimum absolute atomic E-state index is 0.484. The molecule has 130 valence electrons. The molecule has 0 aliphatic carbocycles. The monoisotopic (exact) mass is 345 g/mol. The van der Waals surface area contributed by atoms with E-state index in [1.807, 2.05) is 72.8 Å². The van der Waals surface area contributed by atoms with Crippen LogP contribution in [0.1, 0.15) is 5.56 Å². The maximum atomic E-state index is 5.91. The number of ether oxygens (including phenoxy) is 2. The van der Waals surface area contributed by atoms with Crippen molar-refractivity contribution >= 4 is 17.1 Å². The molecule has 0 unspecified atom stereocenters. The molecule has 3 aromatic carbocycles. The highest BCUT2D eigenvalue weighted by molar-refractivity contribution is 5.60. The largest absolute Gasteiger partial charge is 0.495 e. The molecular weight excluding hydrogens is 326 g/mol. The molecule has 1 heterocycles. The van der Waals surface area contributed by atoms with Crippen molar-refractivity contribution in [3.05, 3.63) is 78.4 Å². The van der Waals surface area contributed by atoms with Crippen molar-refractivity contribution in [3.63, 3.8) is 0 Å². The third-order valence-electron chi connectivity index (χ3n) is 4.24. The van der Waals surface area contributed by atoms with Crippen LogP contribution in [-0.4, -0.2) is 13.8 Å². The number of nitrogens with zero attached hydrogens (tertiary/aromatic N) is 3. The summed E-state index contributed by atoms with van der Waals surface area (Å²) in [6, 6.07) is 23.5. The highest BCUT2D eigenvalue weighted by Gasteiger charge is 2.20. The van der Waals surface area contributed by atoms with Crippen molar-refractivity contribution in [2.45, 2.75) is 6.54 Å². The van der Waals surface area contributed by atoms with Gasteiger partial charge in [-0.25, -0.2) is 0 Å². The van der Waals surface area contributed by atoms with Gasteiger partial charge in [0.15, 0.2) is 6.73 Å². The summed E-state index contributed by atoms with van der Waals surface area (Å²) >= 11 is 0. The Labute approximate surface area is 152 Å². The van der Waals surface area contributed by atoms with E-state index >= 15 is 0 Å². The fraction of sp³-hybridized carbons (Fsp3) is 0.143. The quantitative estimate of drug-likeness (QED) is 0.589. The zero-order chi connectivity index (χ0) is 17.8. The van der Waals surface area contributed by atoms with Gasteiger partial charge in [0.2, 0.25) is 0 Å². The van der Waals surface area contributed by atoms with Gasteiger partial charge in [-0.1, -0.05) is 30.3 Å². The van der Waals surface area contributed by atoms with Gasteiger partial charge in [-0.05, 0) is 42.5 Å². The van der Waals surface area contributed by atoms with Crippen molar-refractivity contribution in [2.24, 2.45) is 10.2 Å². The molecule has 0 saturated heterocycles. The summed E-state index contributed by atoms with van der Waals surface area (Å²) in [6.07, 6.45) is 0. The first-order valence-corrected chi connectivity index (χ1v) is 8.44. The van der Waals surface area contributed by atoms with Crippen molar-refractivity contribution in [1.82, 2.24) is 0 Å². The van der Waals surface area contributed by atoms with Crippen LogP contribution in [0, 0.1) is 0 Å². The Morgan fingerprint density at radius 3 is 2.50 bits per heavy atom. The molecule has 0 fully saturated rings. The van der Waals surface area contributed by atoms with Crippen molar-refractivity contribution in [1.29, 1.82) is 0 Å². The zero-order valence-corrected chi connectivity index (χ0v) is 14.5. The van der Waals surface area contributed by atoms with Gasteiger partial charge >= 0.3 is 0 Å². The van der Waals surface area contributed by atoms with Gasteiger partial charge < -0.3 is 14.4 Å². The minimum Gasteiger partial charge on any atom is -0.495 e. The molecule has 0 saturated carbocycles. The van der Waals surface area contributed by atoms with Gasteiger partial charge in [-0.15, -0.1) is 0 Å². The van der Waals surface area contributed by atoms with Crippen LogP contribution in [0.3, 0.4) is 0 Å². The van der Waals surface area contributed by atoms with E-state index in [2.05, 4.69) is 15.1 Å². The number of azo groups is 1. The van der Waals surface area contributed by atoms with Crippen LogP contribution in [0.15, 0.2) is 83.0 Å². The Kier molecular flexibility index (Phi) is 4.51. The lowest BCUT2D eigenvalue weighted by Gasteiger charge is -2.31. The van der Waals surface area contributed by atoms with Crippen LogP contribution in [0.4, 0.5) is 17.1 Å². The van der Waals surface area contributed by atoms with Gasteiger partial charge in [-0.2, -0.15) is 10.2 Å². The Bertz CT molecular complexity index is 926. The number of methoxy groups -OCH3 is 1. The van der Waals surface area contributed by atoms with Crippen LogP contribution in [0.25, 0.3) is 0 Å². The minimum atomic E-state index is 0.484. The number of fused-ring (bicyclic) bond motifs is 1. The van der Waals surface area contributed by atoms with Gasteiger partial charge in [0.1, 0.15) is 11.5 Å². The SMILES string of the molecule is COc1ccccc1N1COc2ccc(N=Nc3ccccc3)cc2C1. The molecule has 0 amide bonds. The van der Waals surface area contributed by atoms with Crippen LogP contribution in [0.5, 0.6) is 11.5 Å². The molecule has 0 atom stereocenters. The molecule has 26 heavy (non-hydrogen) atoms. The summed E-state index contributed by atoms with van der Waals surface area (Å²) in [5.41, 5.74) is 3.72. The topological polar surface area (TPSA) is 46.4 Å². The van der Waals surface area contributed by atoms with E-state index < -0.39 is 0 Å². The molecule has 1 aliphatic rings. The standard InChI is InChI=1S/C21H19N3O2/c1-25-21-10-6-5-9-19(21)24-14-16-13-18(11-12-20(16)26-15-24)23-22-17-7-3-2-4-8-17/h2-13H,14-15H2,1H3. The second kappa shape index (κ2) is 7.27. The molecule has 1 aliphatic heterocycles. The molecule has 0 spiro atoms. The molecule has 0 bridgehead atoms. The van der Waals surface area contributed by atoms with Crippen LogP contribution < -0.4 is 14.4 Å². The van der Waals surface area contributed by atoms with E-state index in [9.17, 15) is 0 Å². The summed E-state index contributed by atoms with van der Waals surface area (Å²) in [5, 5.41) is 8.62. The van der Waals surface area contributed by atoms with E-state index in [4.69, 9.17) is 9.47 Å². The van der Waals surface area contributed by atoms with Crippen LogP contribution >= 0.6 is 0 Å². The first-order valence-electron chi connectivity index (χ1n) is 8.44. The van der Waals surface area contributed by atoms with E-state index in [-0.39, 0.29) is 0 Å². The molecule has 0 radical (unpaired) electrons. The average Bonchev–Trinajstić information content (AvgIpc) is 2.72. The van der Waals surface area contributed by atoms with Gasteiger partial charge in [0, 0.05) is 5.56 Å². The average molecular weight is 345 g/mol. The van der Waals surface area contributed by atoms with E-state index in [1.54, 1.807) is 7.11 Å². The number of benzene rings is 3. The fourth-order valence-electron chi connectivity index (χ4n) is 2.95. The lowest BCUT2D eigenvalue weighted by molar-refractivity contribution is 0.287. The molecule has 0 N–H and O–H groups in total. The number of hydrogen-bond acceptors (Lipinski definition) is 5. The second-order valence-electron chi connectivity index (χ2n) is 5.97. The number of para-hydroxylation sites is 2. The summed E-state index contributed by atoms with van der Waals surface area (Å²) in [4.78, 5) is 2.14. The third kappa shape index (κ3) is 3.37. The Balaban J connectivity index is 1.57. The molecule has 0 aromatic heterocycles. The van der Waals surface area contributed by atoms with Crippen molar-refractivity contribution in [3.8, 4) is 11.5 Å². The lowest BCUT2D eigenvalue weighted by atomic mass is 10.1. The van der Waals surface area contributed by atoms with Crippen molar-refractivity contribution < 1.29 is 9.47 Å². The normalized spacial score (nSPS) is 13.3. The second-order valence-corrected chi connectivity index (χ2v) is 5.97. The van der Waals surface area contributed by atoms with Gasteiger partial charge in [-0.3, -0.25) is 0 Å². The number of anilines is 1. The predicted molar refractivity (Wildman–Crippen MR) is 102 cm³/mol. The van der Waals surface area contributed by atoms with Crippen LogP contribution in [0.2, 0.25) is 0 Å². The maximum absolute atomic E-state index is 5.91. The molecule has 4 rings (SSSR count). The fourth-order valence-corrected chi connectivity index (χ4v) is 2.95. The van der Waals surface area contributed by atoms with Crippen LogP contribution in [-0.2, 0) is 6.54 Å². The van der Waals surface area contributed by atoms with Crippen molar-refractivity contribution in [2.75, 3.05) is 18.7 Å². The summed E-state index contributed by atoms with van der Waals surface area (Å²) in [7, 11) is 1.68. The van der Waals surface area contributed by atoms with E-state index in [0.29, 0.717) is 6.73 Å².